The van der Waals surface area contributed by atoms with Crippen molar-refractivity contribution in [1.82, 2.24) is 14.5 Å². The molecule has 0 saturated carbocycles. The summed E-state index contributed by atoms with van der Waals surface area (Å²) < 4.78 is 1.93. The smallest absolute Gasteiger partial charge is 0.174 e. The Morgan fingerprint density at radius 3 is 3.00 bits per heavy atom. The predicted molar refractivity (Wildman–Crippen MR) is 61.6 cm³/mol. The van der Waals surface area contributed by atoms with Crippen LogP contribution in [0.3, 0.4) is 0 Å². The van der Waals surface area contributed by atoms with Crippen molar-refractivity contribution in [1.29, 1.82) is 0 Å². The number of rotatable bonds is 1. The molecule has 2 heterocycles. The van der Waals surface area contributed by atoms with Gasteiger partial charge in [0, 0.05) is 13.5 Å². The highest BCUT2D eigenvalue weighted by atomic mass is 32.1. The minimum absolute atomic E-state index is 0.243. The maximum atomic E-state index is 11.7. The van der Waals surface area contributed by atoms with Crippen LogP contribution in [0.25, 0.3) is 10.7 Å². The number of fused-ring (bicyclic) bond motifs is 1. The van der Waals surface area contributed by atoms with E-state index in [0.29, 0.717) is 6.42 Å². The van der Waals surface area contributed by atoms with E-state index in [1.165, 1.54) is 11.3 Å². The Kier molecular flexibility index (Phi) is 2.14. The van der Waals surface area contributed by atoms with E-state index in [0.717, 1.165) is 34.1 Å². The molecule has 3 rings (SSSR count). The van der Waals surface area contributed by atoms with E-state index in [1.54, 1.807) is 12.5 Å². The molecule has 4 nitrogen and oxygen atoms in total. The summed E-state index contributed by atoms with van der Waals surface area (Å²) in [6.07, 6.45) is 6.06. The number of carbonyl (C=O) groups is 1. The fraction of sp³-hybridized carbons (Fsp3) is 0.364. The molecule has 0 unspecified atom stereocenters. The van der Waals surface area contributed by atoms with E-state index in [1.807, 2.05) is 11.6 Å². The summed E-state index contributed by atoms with van der Waals surface area (Å²) in [5.41, 5.74) is 1.95. The number of carbonyl (C=O) groups excluding carboxylic acids is 1. The first kappa shape index (κ1) is 9.72. The van der Waals surface area contributed by atoms with Crippen LogP contribution < -0.4 is 0 Å². The molecule has 0 fully saturated rings. The van der Waals surface area contributed by atoms with E-state index < -0.39 is 0 Å². The topological polar surface area (TPSA) is 47.8 Å². The van der Waals surface area contributed by atoms with Crippen molar-refractivity contribution < 1.29 is 4.79 Å². The number of aromatic nitrogens is 3. The van der Waals surface area contributed by atoms with Crippen molar-refractivity contribution in [2.45, 2.75) is 19.3 Å². The van der Waals surface area contributed by atoms with Gasteiger partial charge >= 0.3 is 0 Å². The molecule has 16 heavy (non-hydrogen) atoms. The van der Waals surface area contributed by atoms with Crippen LogP contribution in [0.15, 0.2) is 12.5 Å². The van der Waals surface area contributed by atoms with E-state index in [9.17, 15) is 4.79 Å². The molecule has 0 amide bonds. The molecule has 2 aromatic rings. The van der Waals surface area contributed by atoms with Crippen LogP contribution >= 0.6 is 11.3 Å². The van der Waals surface area contributed by atoms with E-state index in [4.69, 9.17) is 0 Å². The maximum absolute atomic E-state index is 11.7. The Morgan fingerprint density at radius 2 is 2.31 bits per heavy atom. The minimum Gasteiger partial charge on any atom is -0.332 e. The minimum atomic E-state index is 0.243. The Balaban J connectivity index is 2.11. The second-order valence-corrected chi connectivity index (χ2v) is 4.96. The van der Waals surface area contributed by atoms with Gasteiger partial charge in [-0.25, -0.2) is 9.97 Å². The maximum Gasteiger partial charge on any atom is 0.174 e. The quantitative estimate of drug-likeness (QED) is 0.757. The lowest BCUT2D eigenvalue weighted by molar-refractivity contribution is 0.0976. The van der Waals surface area contributed by atoms with Gasteiger partial charge in [0.25, 0.3) is 0 Å². The van der Waals surface area contributed by atoms with Gasteiger partial charge in [-0.1, -0.05) is 0 Å². The van der Waals surface area contributed by atoms with Crippen molar-refractivity contribution in [3.05, 3.63) is 23.1 Å². The first-order valence-corrected chi connectivity index (χ1v) is 6.07. The Labute approximate surface area is 97.0 Å². The largest absolute Gasteiger partial charge is 0.332 e. The van der Waals surface area contributed by atoms with Gasteiger partial charge in [-0.3, -0.25) is 4.79 Å². The molecule has 2 aromatic heterocycles. The number of nitrogens with zero attached hydrogens (tertiary/aromatic N) is 3. The second-order valence-electron chi connectivity index (χ2n) is 3.96. The SMILES string of the molecule is Cn1cncc1-c1nc2c(s1)C(=O)CCC2. The summed E-state index contributed by atoms with van der Waals surface area (Å²) >= 11 is 1.49. The lowest BCUT2D eigenvalue weighted by Gasteiger charge is -2.06. The molecular formula is C11H11N3OS. The summed E-state index contributed by atoms with van der Waals surface area (Å²) in [5, 5.41) is 0.903. The highest BCUT2D eigenvalue weighted by molar-refractivity contribution is 7.17. The fourth-order valence-corrected chi connectivity index (χ4v) is 3.07. The van der Waals surface area contributed by atoms with Gasteiger partial charge in [0.2, 0.25) is 0 Å². The molecular weight excluding hydrogens is 222 g/mol. The van der Waals surface area contributed by atoms with Crippen molar-refractivity contribution in [2.24, 2.45) is 7.05 Å². The third-order valence-electron chi connectivity index (χ3n) is 2.80. The summed E-state index contributed by atoms with van der Waals surface area (Å²) in [4.78, 5) is 21.2. The molecule has 82 valence electrons. The Hall–Kier alpha value is -1.49. The number of Topliss-reactive ketones (excluding diaryl/α,β-unsaturated/α-hetero) is 1. The molecule has 0 N–H and O–H groups in total. The molecule has 0 aromatic carbocycles. The normalized spacial score (nSPS) is 15.2. The molecule has 0 bridgehead atoms. The van der Waals surface area contributed by atoms with E-state index in [2.05, 4.69) is 9.97 Å². The first-order valence-electron chi connectivity index (χ1n) is 5.25. The molecule has 5 heteroatoms. The van der Waals surface area contributed by atoms with Gasteiger partial charge < -0.3 is 4.57 Å². The number of thiazole rings is 1. The van der Waals surface area contributed by atoms with Crippen LogP contribution in [0.4, 0.5) is 0 Å². The highest BCUT2D eigenvalue weighted by Gasteiger charge is 2.23. The average Bonchev–Trinajstić information content (AvgIpc) is 2.84. The van der Waals surface area contributed by atoms with Gasteiger partial charge in [0.1, 0.15) is 5.01 Å². The van der Waals surface area contributed by atoms with Gasteiger partial charge in [0.05, 0.1) is 28.8 Å². The zero-order valence-electron chi connectivity index (χ0n) is 8.93. The average molecular weight is 233 g/mol. The third-order valence-corrected chi connectivity index (χ3v) is 3.97. The van der Waals surface area contributed by atoms with Crippen LogP contribution in [0, 0.1) is 0 Å². The fourth-order valence-electron chi connectivity index (χ4n) is 1.94. The molecule has 0 aliphatic heterocycles. The van der Waals surface area contributed by atoms with Crippen molar-refractivity contribution in [3.63, 3.8) is 0 Å². The molecule has 0 atom stereocenters. The van der Waals surface area contributed by atoms with Crippen LogP contribution in [-0.4, -0.2) is 20.3 Å². The number of aryl methyl sites for hydroxylation is 2. The number of hydrogen-bond donors (Lipinski definition) is 0. The van der Waals surface area contributed by atoms with Crippen molar-refractivity contribution in [3.8, 4) is 10.7 Å². The zero-order valence-corrected chi connectivity index (χ0v) is 9.75. The number of hydrogen-bond acceptors (Lipinski definition) is 4. The van der Waals surface area contributed by atoms with Gasteiger partial charge in [-0.2, -0.15) is 0 Å². The second kappa shape index (κ2) is 3.52. The van der Waals surface area contributed by atoms with Gasteiger partial charge in [-0.05, 0) is 12.8 Å². The Bertz CT molecular complexity index is 555. The Morgan fingerprint density at radius 1 is 1.44 bits per heavy atom. The summed E-state index contributed by atoms with van der Waals surface area (Å²) in [6.45, 7) is 0. The van der Waals surface area contributed by atoms with Crippen LogP contribution in [-0.2, 0) is 13.5 Å². The number of ketones is 1. The van der Waals surface area contributed by atoms with Crippen molar-refractivity contribution in [2.75, 3.05) is 0 Å². The standard InChI is InChI=1S/C11H11N3OS/c1-14-6-12-5-8(14)11-13-7-3-2-4-9(15)10(7)16-11/h5-6H,2-4H2,1H3. The van der Waals surface area contributed by atoms with E-state index >= 15 is 0 Å². The lowest BCUT2D eigenvalue weighted by Crippen LogP contribution is -2.07. The van der Waals surface area contributed by atoms with Crippen LogP contribution in [0.5, 0.6) is 0 Å². The third kappa shape index (κ3) is 1.39. The first-order chi connectivity index (χ1) is 7.75. The monoisotopic (exact) mass is 233 g/mol. The van der Waals surface area contributed by atoms with Gasteiger partial charge in [-0.15, -0.1) is 11.3 Å². The predicted octanol–water partition coefficient (Wildman–Crippen LogP) is 2.06. The molecule has 0 saturated heterocycles. The lowest BCUT2D eigenvalue weighted by atomic mass is 10.0. The summed E-state index contributed by atoms with van der Waals surface area (Å²) in [7, 11) is 1.94. The molecule has 1 aliphatic carbocycles. The molecule has 1 aliphatic rings. The van der Waals surface area contributed by atoms with Crippen molar-refractivity contribution >= 4 is 17.1 Å². The summed E-state index contributed by atoms with van der Waals surface area (Å²) in [6, 6.07) is 0. The van der Waals surface area contributed by atoms with Crippen LogP contribution in [0.2, 0.25) is 0 Å². The number of imidazole rings is 1. The van der Waals surface area contributed by atoms with E-state index in [-0.39, 0.29) is 5.78 Å². The molecule has 0 radical (unpaired) electrons. The highest BCUT2D eigenvalue weighted by Crippen LogP contribution is 2.32. The van der Waals surface area contributed by atoms with Crippen LogP contribution in [0.1, 0.15) is 28.2 Å². The summed E-state index contributed by atoms with van der Waals surface area (Å²) in [5.74, 6) is 0.243. The zero-order chi connectivity index (χ0) is 11.1. The van der Waals surface area contributed by atoms with Gasteiger partial charge in [0.15, 0.2) is 5.78 Å². The molecule has 0 spiro atoms.